The number of alkyl halides is 3. The average Bonchev–Trinajstić information content (AvgIpc) is 3.02. The number of imidazole rings is 1. The van der Waals surface area contributed by atoms with Crippen LogP contribution in [0.15, 0.2) is 30.5 Å². The third-order valence-electron chi connectivity index (χ3n) is 4.47. The first-order chi connectivity index (χ1) is 12.7. The molecule has 2 aromatic rings. The van der Waals surface area contributed by atoms with Crippen molar-refractivity contribution in [2.24, 2.45) is 5.92 Å². The number of nitrogens with zero attached hydrogens (tertiary/aromatic N) is 3. The van der Waals surface area contributed by atoms with Gasteiger partial charge in [0.1, 0.15) is 11.5 Å². The molecule has 1 aliphatic heterocycles. The van der Waals surface area contributed by atoms with Gasteiger partial charge >= 0.3 is 6.18 Å². The van der Waals surface area contributed by atoms with Crippen molar-refractivity contribution in [3.8, 4) is 0 Å². The molecule has 0 saturated carbocycles. The van der Waals surface area contributed by atoms with Crippen LogP contribution in [-0.4, -0.2) is 33.4 Å². The fourth-order valence-electron chi connectivity index (χ4n) is 3.17. The summed E-state index contributed by atoms with van der Waals surface area (Å²) < 4.78 is 39.7. The maximum absolute atomic E-state index is 12.6. The molecule has 0 fully saturated rings. The number of carbonyl (C=O) groups is 1. The number of rotatable bonds is 5. The van der Waals surface area contributed by atoms with Crippen LogP contribution in [0.4, 0.5) is 13.2 Å². The van der Waals surface area contributed by atoms with Crippen LogP contribution in [0, 0.1) is 5.92 Å². The monoisotopic (exact) mass is 380 g/mol. The fourth-order valence-corrected chi connectivity index (χ4v) is 3.17. The lowest BCUT2D eigenvalue weighted by molar-refractivity contribution is -0.137. The number of aromatic nitrogens is 2. The van der Waals surface area contributed by atoms with E-state index in [4.69, 9.17) is 0 Å². The van der Waals surface area contributed by atoms with Gasteiger partial charge in [0, 0.05) is 32.4 Å². The second kappa shape index (κ2) is 7.72. The summed E-state index contributed by atoms with van der Waals surface area (Å²) in [5.74, 6) is 1.10. The maximum Gasteiger partial charge on any atom is 0.416 e. The summed E-state index contributed by atoms with van der Waals surface area (Å²) in [5.41, 5.74) is 0.233. The Bertz CT molecular complexity index is 796. The van der Waals surface area contributed by atoms with Crippen LogP contribution >= 0.6 is 0 Å². The summed E-state index contributed by atoms with van der Waals surface area (Å²) in [6.45, 7) is 7.91. The number of hydrogen-bond acceptors (Lipinski definition) is 3. The van der Waals surface area contributed by atoms with Crippen LogP contribution in [0.1, 0.15) is 41.3 Å². The third kappa shape index (κ3) is 4.88. The average molecular weight is 380 g/mol. The van der Waals surface area contributed by atoms with E-state index >= 15 is 0 Å². The molecule has 0 saturated heterocycles. The molecule has 1 N–H and O–H groups in total. The van der Waals surface area contributed by atoms with E-state index in [1.54, 1.807) is 6.20 Å². The second-order valence-corrected chi connectivity index (χ2v) is 7.24. The highest BCUT2D eigenvalue weighted by Gasteiger charge is 2.30. The molecule has 0 spiro atoms. The van der Waals surface area contributed by atoms with Gasteiger partial charge in [0.2, 0.25) is 0 Å². The van der Waals surface area contributed by atoms with Crippen molar-refractivity contribution in [3.63, 3.8) is 0 Å². The maximum atomic E-state index is 12.6. The SMILES string of the molecule is CC(C)CN1CCn2cc(C(=O)NCc3ccc(C(F)(F)F)cc3)nc2C1. The van der Waals surface area contributed by atoms with Gasteiger partial charge in [-0.25, -0.2) is 4.98 Å². The zero-order valence-corrected chi connectivity index (χ0v) is 15.4. The van der Waals surface area contributed by atoms with Crippen molar-refractivity contribution in [2.75, 3.05) is 13.1 Å². The number of nitrogens with one attached hydrogen (secondary N) is 1. The van der Waals surface area contributed by atoms with E-state index in [1.165, 1.54) is 12.1 Å². The van der Waals surface area contributed by atoms with E-state index in [0.29, 0.717) is 23.7 Å². The minimum absolute atomic E-state index is 0.151. The van der Waals surface area contributed by atoms with Crippen molar-refractivity contribution in [1.82, 2.24) is 19.8 Å². The fraction of sp³-hybridized carbons (Fsp3) is 0.474. The first kappa shape index (κ1) is 19.4. The molecule has 0 atom stereocenters. The lowest BCUT2D eigenvalue weighted by Gasteiger charge is -2.28. The van der Waals surface area contributed by atoms with Crippen LogP contribution in [0.2, 0.25) is 0 Å². The van der Waals surface area contributed by atoms with Crippen LogP contribution in [0.5, 0.6) is 0 Å². The largest absolute Gasteiger partial charge is 0.416 e. The molecule has 0 bridgehead atoms. The Kier molecular flexibility index (Phi) is 5.55. The lowest BCUT2D eigenvalue weighted by atomic mass is 10.1. The molecule has 1 aromatic carbocycles. The van der Waals surface area contributed by atoms with Gasteiger partial charge in [-0.15, -0.1) is 0 Å². The first-order valence-corrected chi connectivity index (χ1v) is 8.95. The highest BCUT2D eigenvalue weighted by molar-refractivity contribution is 5.92. The number of halogens is 3. The number of amides is 1. The summed E-state index contributed by atoms with van der Waals surface area (Å²) in [7, 11) is 0. The van der Waals surface area contributed by atoms with Gasteiger partial charge in [0.25, 0.3) is 5.91 Å². The molecular weight excluding hydrogens is 357 g/mol. The third-order valence-corrected chi connectivity index (χ3v) is 4.47. The molecular formula is C19H23F3N4O. The van der Waals surface area contributed by atoms with Gasteiger partial charge in [0.15, 0.2) is 0 Å². The number of benzene rings is 1. The van der Waals surface area contributed by atoms with Gasteiger partial charge in [0.05, 0.1) is 12.1 Å². The van der Waals surface area contributed by atoms with E-state index in [0.717, 1.165) is 37.6 Å². The van der Waals surface area contributed by atoms with Crippen molar-refractivity contribution in [2.45, 2.75) is 39.7 Å². The molecule has 146 valence electrons. The first-order valence-electron chi connectivity index (χ1n) is 8.95. The summed E-state index contributed by atoms with van der Waals surface area (Å²) in [6.07, 6.45) is -2.62. The molecule has 8 heteroatoms. The van der Waals surface area contributed by atoms with Crippen molar-refractivity contribution in [3.05, 3.63) is 53.1 Å². The van der Waals surface area contributed by atoms with Crippen molar-refractivity contribution >= 4 is 5.91 Å². The molecule has 1 aromatic heterocycles. The number of hydrogen-bond donors (Lipinski definition) is 1. The summed E-state index contributed by atoms with van der Waals surface area (Å²) >= 11 is 0. The second-order valence-electron chi connectivity index (χ2n) is 7.24. The summed E-state index contributed by atoms with van der Waals surface area (Å²) in [6, 6.07) is 4.76. The predicted octanol–water partition coefficient (Wildman–Crippen LogP) is 3.30. The van der Waals surface area contributed by atoms with Gasteiger partial charge in [-0.1, -0.05) is 26.0 Å². The van der Waals surface area contributed by atoms with E-state index in [-0.39, 0.29) is 12.5 Å². The Labute approximate surface area is 156 Å². The highest BCUT2D eigenvalue weighted by Crippen LogP contribution is 2.29. The van der Waals surface area contributed by atoms with Gasteiger partial charge in [-0.05, 0) is 23.6 Å². The molecule has 0 radical (unpaired) electrons. The highest BCUT2D eigenvalue weighted by atomic mass is 19.4. The van der Waals surface area contributed by atoms with E-state index in [9.17, 15) is 18.0 Å². The molecule has 3 rings (SSSR count). The van der Waals surface area contributed by atoms with Gasteiger partial charge in [-0.2, -0.15) is 13.2 Å². The smallest absolute Gasteiger partial charge is 0.347 e. The molecule has 0 aliphatic carbocycles. The lowest BCUT2D eigenvalue weighted by Crippen LogP contribution is -2.35. The van der Waals surface area contributed by atoms with Crippen LogP contribution in [0.3, 0.4) is 0 Å². The Morgan fingerprint density at radius 1 is 1.22 bits per heavy atom. The molecule has 1 amide bonds. The zero-order valence-electron chi connectivity index (χ0n) is 15.4. The standard InChI is InChI=1S/C19H23F3N4O/c1-13(2)10-25-7-8-26-11-16(24-17(26)12-25)18(27)23-9-14-3-5-15(6-4-14)19(20,21)22/h3-6,11,13H,7-10,12H2,1-2H3,(H,23,27). The number of carbonyl (C=O) groups excluding carboxylic acids is 1. The number of fused-ring (bicyclic) bond motifs is 1. The minimum Gasteiger partial charge on any atom is -0.347 e. The Balaban J connectivity index is 1.59. The van der Waals surface area contributed by atoms with Crippen LogP contribution in [-0.2, 0) is 25.8 Å². The van der Waals surface area contributed by atoms with E-state index < -0.39 is 11.7 Å². The quantitative estimate of drug-likeness (QED) is 0.866. The van der Waals surface area contributed by atoms with Gasteiger partial charge in [-0.3, -0.25) is 9.69 Å². The van der Waals surface area contributed by atoms with Gasteiger partial charge < -0.3 is 9.88 Å². The normalized spacial score (nSPS) is 15.0. The Hall–Kier alpha value is -2.35. The van der Waals surface area contributed by atoms with Crippen molar-refractivity contribution < 1.29 is 18.0 Å². The predicted molar refractivity (Wildman–Crippen MR) is 95.0 cm³/mol. The molecule has 1 aliphatic rings. The molecule has 2 heterocycles. The molecule has 0 unspecified atom stereocenters. The Morgan fingerprint density at radius 3 is 2.56 bits per heavy atom. The van der Waals surface area contributed by atoms with Crippen molar-refractivity contribution in [1.29, 1.82) is 0 Å². The minimum atomic E-state index is -4.36. The van der Waals surface area contributed by atoms with E-state index in [2.05, 4.69) is 29.0 Å². The Morgan fingerprint density at radius 2 is 1.93 bits per heavy atom. The summed E-state index contributed by atoms with van der Waals surface area (Å²) in [5, 5.41) is 2.72. The van der Waals surface area contributed by atoms with Crippen LogP contribution < -0.4 is 5.32 Å². The zero-order chi connectivity index (χ0) is 19.6. The molecule has 5 nitrogen and oxygen atoms in total. The molecule has 27 heavy (non-hydrogen) atoms. The topological polar surface area (TPSA) is 50.2 Å². The van der Waals surface area contributed by atoms with E-state index in [1.807, 2.05) is 4.57 Å². The summed E-state index contributed by atoms with van der Waals surface area (Å²) in [4.78, 5) is 19.1. The van der Waals surface area contributed by atoms with Crippen LogP contribution in [0.25, 0.3) is 0 Å².